The highest BCUT2D eigenvalue weighted by atomic mass is 79.9. The number of nitriles is 1. The van der Waals surface area contributed by atoms with E-state index in [-0.39, 0.29) is 0 Å². The molecule has 116 valence electrons. The quantitative estimate of drug-likeness (QED) is 0.595. The topological polar surface area (TPSA) is 70.3 Å². The summed E-state index contributed by atoms with van der Waals surface area (Å²) in [6.07, 6.45) is 1.64. The maximum absolute atomic E-state index is 10.7. The second-order valence-corrected chi connectivity index (χ2v) is 5.89. The number of carboxylic acid groups (broad SMARTS) is 1. The van der Waals surface area contributed by atoms with E-state index in [4.69, 9.17) is 21.4 Å². The van der Waals surface area contributed by atoms with Gasteiger partial charge >= 0.3 is 5.97 Å². The van der Waals surface area contributed by atoms with E-state index >= 15 is 0 Å². The third-order valence-electron chi connectivity index (χ3n) is 2.90. The normalized spacial score (nSPS) is 10.9. The molecule has 0 aliphatic carbocycles. The van der Waals surface area contributed by atoms with Crippen LogP contribution in [0.15, 0.2) is 46.9 Å². The molecule has 0 atom stereocenters. The lowest BCUT2D eigenvalue weighted by molar-refractivity contribution is -0.139. The Morgan fingerprint density at radius 1 is 1.30 bits per heavy atom. The standard InChI is InChI=1S/C17H11BrClNO3/c18-14-3-6-16(23-10-17(21)22)12(8-14)7-13(9-20)11-1-4-15(19)5-2-11/h1-8H,10H2,(H,21,22)/b13-7-. The van der Waals surface area contributed by atoms with Crippen LogP contribution in [0, 0.1) is 11.3 Å². The zero-order valence-corrected chi connectivity index (χ0v) is 14.1. The number of halogens is 2. The number of benzene rings is 2. The van der Waals surface area contributed by atoms with Gasteiger partial charge in [-0.15, -0.1) is 0 Å². The molecule has 2 rings (SSSR count). The van der Waals surface area contributed by atoms with E-state index in [1.165, 1.54) is 0 Å². The van der Waals surface area contributed by atoms with Crippen LogP contribution in [0.5, 0.6) is 5.75 Å². The Morgan fingerprint density at radius 2 is 2.00 bits per heavy atom. The Morgan fingerprint density at radius 3 is 2.61 bits per heavy atom. The average molecular weight is 393 g/mol. The van der Waals surface area contributed by atoms with Crippen LogP contribution in [0.25, 0.3) is 11.6 Å². The lowest BCUT2D eigenvalue weighted by Crippen LogP contribution is -2.10. The van der Waals surface area contributed by atoms with Crippen LogP contribution in [0.2, 0.25) is 5.02 Å². The number of carboxylic acids is 1. The average Bonchev–Trinajstić information content (AvgIpc) is 2.52. The third kappa shape index (κ3) is 4.85. The highest BCUT2D eigenvalue weighted by Crippen LogP contribution is 2.28. The summed E-state index contributed by atoms with van der Waals surface area (Å²) in [6, 6.07) is 14.2. The van der Waals surface area contributed by atoms with Crippen LogP contribution in [-0.2, 0) is 4.79 Å². The third-order valence-corrected chi connectivity index (χ3v) is 3.64. The summed E-state index contributed by atoms with van der Waals surface area (Å²) in [4.78, 5) is 10.7. The smallest absolute Gasteiger partial charge is 0.341 e. The van der Waals surface area contributed by atoms with Gasteiger partial charge in [-0.3, -0.25) is 0 Å². The van der Waals surface area contributed by atoms with E-state index in [0.717, 1.165) is 4.47 Å². The second kappa shape index (κ2) is 7.82. The number of allylic oxidation sites excluding steroid dienone is 1. The number of hydrogen-bond acceptors (Lipinski definition) is 3. The first-order valence-electron chi connectivity index (χ1n) is 6.51. The Kier molecular flexibility index (Phi) is 5.80. The van der Waals surface area contributed by atoms with Gasteiger partial charge in [0.25, 0.3) is 0 Å². The molecule has 23 heavy (non-hydrogen) atoms. The monoisotopic (exact) mass is 391 g/mol. The molecule has 0 saturated carbocycles. The Balaban J connectivity index is 2.42. The molecule has 0 spiro atoms. The van der Waals surface area contributed by atoms with E-state index < -0.39 is 12.6 Å². The zero-order chi connectivity index (χ0) is 16.8. The summed E-state index contributed by atoms with van der Waals surface area (Å²) in [7, 11) is 0. The summed E-state index contributed by atoms with van der Waals surface area (Å²) in [5.41, 5.74) is 1.73. The molecule has 2 aromatic carbocycles. The molecule has 6 heteroatoms. The van der Waals surface area contributed by atoms with E-state index in [1.807, 2.05) is 0 Å². The molecule has 0 aromatic heterocycles. The van der Waals surface area contributed by atoms with Crippen molar-refractivity contribution in [3.63, 3.8) is 0 Å². The number of ether oxygens (including phenoxy) is 1. The molecule has 0 unspecified atom stereocenters. The first kappa shape index (κ1) is 17.1. The predicted molar refractivity (Wildman–Crippen MR) is 92.2 cm³/mol. The molecule has 1 N–H and O–H groups in total. The van der Waals surface area contributed by atoms with Crippen molar-refractivity contribution in [1.29, 1.82) is 5.26 Å². The summed E-state index contributed by atoms with van der Waals surface area (Å²) in [6.45, 7) is -0.453. The van der Waals surface area contributed by atoms with Crippen molar-refractivity contribution in [2.45, 2.75) is 0 Å². The van der Waals surface area contributed by atoms with Gasteiger partial charge in [-0.2, -0.15) is 5.26 Å². The van der Waals surface area contributed by atoms with E-state index in [2.05, 4.69) is 22.0 Å². The number of rotatable bonds is 5. The number of nitrogens with zero attached hydrogens (tertiary/aromatic N) is 1. The largest absolute Gasteiger partial charge is 0.481 e. The van der Waals surface area contributed by atoms with Crippen LogP contribution in [0.4, 0.5) is 0 Å². The molecule has 0 fully saturated rings. The molecule has 0 amide bonds. The lowest BCUT2D eigenvalue weighted by atomic mass is 10.0. The highest BCUT2D eigenvalue weighted by molar-refractivity contribution is 9.10. The van der Waals surface area contributed by atoms with Gasteiger partial charge in [0.2, 0.25) is 0 Å². The van der Waals surface area contributed by atoms with Gasteiger partial charge in [-0.05, 0) is 42.0 Å². The minimum absolute atomic E-state index is 0.386. The SMILES string of the molecule is N#C/C(=C/c1cc(Br)ccc1OCC(=O)O)c1ccc(Cl)cc1. The molecule has 2 aromatic rings. The Labute approximate surface area is 146 Å². The first-order valence-corrected chi connectivity index (χ1v) is 7.68. The zero-order valence-electron chi connectivity index (χ0n) is 11.8. The first-order chi connectivity index (χ1) is 11.0. The van der Waals surface area contributed by atoms with Crippen molar-refractivity contribution >= 4 is 45.1 Å². The molecule has 0 heterocycles. The molecular weight excluding hydrogens is 382 g/mol. The molecule has 0 saturated heterocycles. The van der Waals surface area contributed by atoms with Crippen LogP contribution >= 0.6 is 27.5 Å². The summed E-state index contributed by atoms with van der Waals surface area (Å²) >= 11 is 9.20. The number of carbonyl (C=O) groups is 1. The molecule has 4 nitrogen and oxygen atoms in total. The predicted octanol–water partition coefficient (Wildman–Crippen LogP) is 4.63. The highest BCUT2D eigenvalue weighted by Gasteiger charge is 2.08. The Hall–Kier alpha value is -2.29. The fraction of sp³-hybridized carbons (Fsp3) is 0.0588. The Bertz CT molecular complexity index is 794. The van der Waals surface area contributed by atoms with Crippen LogP contribution in [0.3, 0.4) is 0 Å². The minimum Gasteiger partial charge on any atom is -0.481 e. The van der Waals surface area contributed by atoms with Crippen molar-refractivity contribution in [3.05, 3.63) is 63.1 Å². The lowest BCUT2D eigenvalue weighted by Gasteiger charge is -2.08. The van der Waals surface area contributed by atoms with Gasteiger partial charge in [0, 0.05) is 15.1 Å². The van der Waals surface area contributed by atoms with E-state index in [1.54, 1.807) is 48.5 Å². The van der Waals surface area contributed by atoms with E-state index in [9.17, 15) is 10.1 Å². The van der Waals surface area contributed by atoms with Gasteiger partial charge < -0.3 is 9.84 Å². The number of hydrogen-bond donors (Lipinski definition) is 1. The van der Waals surface area contributed by atoms with Crippen molar-refractivity contribution in [3.8, 4) is 11.8 Å². The van der Waals surface area contributed by atoms with Gasteiger partial charge in [0.1, 0.15) is 5.75 Å². The maximum Gasteiger partial charge on any atom is 0.341 e. The minimum atomic E-state index is -1.07. The summed E-state index contributed by atoms with van der Waals surface area (Å²) in [5, 5.41) is 18.7. The number of aliphatic carboxylic acids is 1. The van der Waals surface area contributed by atoms with Crippen molar-refractivity contribution in [2.75, 3.05) is 6.61 Å². The van der Waals surface area contributed by atoms with Gasteiger partial charge in [-0.25, -0.2) is 4.79 Å². The second-order valence-electron chi connectivity index (χ2n) is 4.54. The van der Waals surface area contributed by atoms with Crippen molar-refractivity contribution in [2.24, 2.45) is 0 Å². The summed E-state index contributed by atoms with van der Waals surface area (Å²) < 4.78 is 6.05. The van der Waals surface area contributed by atoms with Gasteiger partial charge in [-0.1, -0.05) is 39.7 Å². The van der Waals surface area contributed by atoms with E-state index in [0.29, 0.717) is 27.5 Å². The van der Waals surface area contributed by atoms with Gasteiger partial charge in [0.05, 0.1) is 11.6 Å². The molecule has 0 bridgehead atoms. The van der Waals surface area contributed by atoms with Gasteiger partial charge in [0.15, 0.2) is 6.61 Å². The molecule has 0 radical (unpaired) electrons. The van der Waals surface area contributed by atoms with Crippen LogP contribution in [-0.4, -0.2) is 17.7 Å². The van der Waals surface area contributed by atoms with Crippen LogP contribution < -0.4 is 4.74 Å². The molecule has 0 aliphatic heterocycles. The van der Waals surface area contributed by atoms with Crippen LogP contribution in [0.1, 0.15) is 11.1 Å². The van der Waals surface area contributed by atoms with Crippen molar-refractivity contribution < 1.29 is 14.6 Å². The molecule has 0 aliphatic rings. The fourth-order valence-electron chi connectivity index (χ4n) is 1.87. The fourth-order valence-corrected chi connectivity index (χ4v) is 2.37. The maximum atomic E-state index is 10.7. The molecular formula is C17H11BrClNO3. The summed E-state index contributed by atoms with van der Waals surface area (Å²) in [5.74, 6) is -0.682. The van der Waals surface area contributed by atoms with Crippen molar-refractivity contribution in [1.82, 2.24) is 0 Å².